The number of anilines is 1. The summed E-state index contributed by atoms with van der Waals surface area (Å²) >= 11 is 0. The van der Waals surface area contributed by atoms with Crippen LogP contribution >= 0.6 is 0 Å². The third-order valence-electron chi connectivity index (χ3n) is 2.86. The van der Waals surface area contributed by atoms with Crippen molar-refractivity contribution in [2.24, 2.45) is 0 Å². The van der Waals surface area contributed by atoms with E-state index in [1.165, 1.54) is 12.8 Å². The van der Waals surface area contributed by atoms with Crippen molar-refractivity contribution in [1.82, 2.24) is 15.3 Å². The van der Waals surface area contributed by atoms with Gasteiger partial charge in [0, 0.05) is 18.2 Å². The Labute approximate surface area is 83.9 Å². The summed E-state index contributed by atoms with van der Waals surface area (Å²) in [5, 5.41) is 3.47. The molecule has 4 nitrogen and oxygen atoms in total. The summed E-state index contributed by atoms with van der Waals surface area (Å²) in [6.07, 6.45) is 4.21. The van der Waals surface area contributed by atoms with Crippen molar-refractivity contribution in [3.05, 3.63) is 18.0 Å². The van der Waals surface area contributed by atoms with Gasteiger partial charge in [-0.2, -0.15) is 0 Å². The number of nitrogens with zero attached hydrogens (tertiary/aromatic N) is 2. The average Bonchev–Trinajstić information content (AvgIpc) is 2.69. The van der Waals surface area contributed by atoms with Crippen LogP contribution in [0.25, 0.3) is 0 Å². The molecule has 76 valence electrons. The summed E-state index contributed by atoms with van der Waals surface area (Å²) in [4.78, 5) is 8.14. The molecule has 1 fully saturated rings. The van der Waals surface area contributed by atoms with Crippen LogP contribution in [-0.2, 0) is 0 Å². The molecule has 0 aromatic carbocycles. The Morgan fingerprint density at radius 2 is 2.50 bits per heavy atom. The van der Waals surface area contributed by atoms with Gasteiger partial charge in [-0.15, -0.1) is 0 Å². The van der Waals surface area contributed by atoms with E-state index >= 15 is 0 Å². The highest BCUT2D eigenvalue weighted by Crippen LogP contribution is 2.23. The molecule has 1 aromatic rings. The monoisotopic (exact) mass is 192 g/mol. The second-order valence-corrected chi connectivity index (χ2v) is 3.83. The minimum absolute atomic E-state index is 0.368. The Balaban J connectivity index is 2.13. The van der Waals surface area contributed by atoms with Gasteiger partial charge in [-0.05, 0) is 25.5 Å². The minimum atomic E-state index is 0.368. The number of nitrogens with two attached hydrogens (primary N) is 1. The third kappa shape index (κ3) is 1.85. The molecule has 2 rings (SSSR count). The molecule has 0 saturated carbocycles. The van der Waals surface area contributed by atoms with Crippen LogP contribution in [0.2, 0.25) is 0 Å². The summed E-state index contributed by atoms with van der Waals surface area (Å²) in [6, 6.07) is 2.49. The molecule has 14 heavy (non-hydrogen) atoms. The summed E-state index contributed by atoms with van der Waals surface area (Å²) in [5.74, 6) is 0.787. The molecule has 0 unspecified atom stereocenters. The lowest BCUT2D eigenvalue weighted by Crippen LogP contribution is -2.27. The highest BCUT2D eigenvalue weighted by molar-refractivity contribution is 5.20. The van der Waals surface area contributed by atoms with E-state index in [9.17, 15) is 0 Å². The quantitative estimate of drug-likeness (QED) is 0.731. The fraction of sp³-hybridized carbons (Fsp3) is 0.600. The first kappa shape index (κ1) is 9.40. The summed E-state index contributed by atoms with van der Waals surface area (Å²) in [7, 11) is 0. The maximum absolute atomic E-state index is 5.55. The fourth-order valence-electron chi connectivity index (χ4n) is 1.99. The zero-order chi connectivity index (χ0) is 9.97. The van der Waals surface area contributed by atoms with Crippen molar-refractivity contribution in [2.45, 2.75) is 31.7 Å². The molecule has 1 aromatic heterocycles. The normalized spacial score (nSPS) is 23.6. The van der Waals surface area contributed by atoms with Crippen molar-refractivity contribution in [3.8, 4) is 0 Å². The molecule has 4 heteroatoms. The van der Waals surface area contributed by atoms with E-state index in [1.807, 2.05) is 6.07 Å². The molecule has 3 N–H and O–H groups in total. The van der Waals surface area contributed by atoms with Crippen molar-refractivity contribution in [2.75, 3.05) is 12.3 Å². The molecule has 1 aliphatic rings. The first-order valence-corrected chi connectivity index (χ1v) is 5.09. The van der Waals surface area contributed by atoms with Gasteiger partial charge in [0.05, 0.1) is 5.69 Å². The Morgan fingerprint density at radius 1 is 1.64 bits per heavy atom. The summed E-state index contributed by atoms with van der Waals surface area (Å²) in [6.45, 7) is 3.31. The van der Waals surface area contributed by atoms with Crippen LogP contribution in [0.1, 0.15) is 31.4 Å². The van der Waals surface area contributed by atoms with E-state index in [0.717, 1.165) is 12.2 Å². The first-order valence-electron chi connectivity index (χ1n) is 5.09. The topological polar surface area (TPSA) is 63.8 Å². The molecule has 2 atom stereocenters. The second kappa shape index (κ2) is 3.92. The predicted molar refractivity (Wildman–Crippen MR) is 55.9 cm³/mol. The van der Waals surface area contributed by atoms with Gasteiger partial charge in [0.15, 0.2) is 0 Å². The molecule has 0 radical (unpaired) electrons. The van der Waals surface area contributed by atoms with Crippen LogP contribution in [-0.4, -0.2) is 22.6 Å². The molecular formula is C10H16N4. The standard InChI is InChI=1S/C10H16N4/c1-7(8-3-2-5-12-8)9-4-6-13-10(11)14-9/h4,6-8,12H,2-3,5H2,1H3,(H2,11,13,14)/t7-,8-/m1/s1. The Morgan fingerprint density at radius 3 is 3.14 bits per heavy atom. The average molecular weight is 192 g/mol. The van der Waals surface area contributed by atoms with E-state index in [1.54, 1.807) is 6.20 Å². The van der Waals surface area contributed by atoms with Crippen LogP contribution in [0, 0.1) is 0 Å². The molecule has 2 heterocycles. The molecule has 0 aliphatic carbocycles. The van der Waals surface area contributed by atoms with Gasteiger partial charge in [-0.3, -0.25) is 0 Å². The smallest absolute Gasteiger partial charge is 0.220 e. The van der Waals surface area contributed by atoms with E-state index in [-0.39, 0.29) is 0 Å². The van der Waals surface area contributed by atoms with E-state index in [2.05, 4.69) is 22.2 Å². The van der Waals surface area contributed by atoms with Gasteiger partial charge in [0.25, 0.3) is 0 Å². The number of hydrogen-bond donors (Lipinski definition) is 2. The third-order valence-corrected chi connectivity index (χ3v) is 2.86. The summed E-state index contributed by atoms with van der Waals surface area (Å²) in [5.41, 5.74) is 6.59. The molecule has 0 bridgehead atoms. The maximum Gasteiger partial charge on any atom is 0.220 e. The molecular weight excluding hydrogens is 176 g/mol. The predicted octanol–water partition coefficient (Wildman–Crippen LogP) is 0.914. The Bertz CT molecular complexity index is 307. The Hall–Kier alpha value is -1.16. The van der Waals surface area contributed by atoms with Crippen molar-refractivity contribution in [1.29, 1.82) is 0 Å². The zero-order valence-corrected chi connectivity index (χ0v) is 8.40. The van der Waals surface area contributed by atoms with Crippen molar-refractivity contribution < 1.29 is 0 Å². The van der Waals surface area contributed by atoms with Gasteiger partial charge in [0.1, 0.15) is 0 Å². The van der Waals surface area contributed by atoms with Crippen LogP contribution < -0.4 is 11.1 Å². The van der Waals surface area contributed by atoms with Crippen molar-refractivity contribution in [3.63, 3.8) is 0 Å². The lowest BCUT2D eigenvalue weighted by molar-refractivity contribution is 0.508. The largest absolute Gasteiger partial charge is 0.368 e. The fourth-order valence-corrected chi connectivity index (χ4v) is 1.99. The van der Waals surface area contributed by atoms with Gasteiger partial charge < -0.3 is 11.1 Å². The number of nitrogen functional groups attached to an aromatic ring is 1. The van der Waals surface area contributed by atoms with Crippen LogP contribution in [0.15, 0.2) is 12.3 Å². The SMILES string of the molecule is C[C@@H](c1ccnc(N)n1)[C@H]1CCCN1. The first-order chi connectivity index (χ1) is 6.77. The maximum atomic E-state index is 5.55. The number of hydrogen-bond acceptors (Lipinski definition) is 4. The lowest BCUT2D eigenvalue weighted by atomic mass is 9.97. The molecule has 0 amide bonds. The van der Waals surface area contributed by atoms with E-state index in [4.69, 9.17) is 5.73 Å². The van der Waals surface area contributed by atoms with Gasteiger partial charge in [0.2, 0.25) is 5.95 Å². The number of aromatic nitrogens is 2. The van der Waals surface area contributed by atoms with Crippen LogP contribution in [0.3, 0.4) is 0 Å². The molecule has 1 saturated heterocycles. The highest BCUT2D eigenvalue weighted by atomic mass is 15.0. The zero-order valence-electron chi connectivity index (χ0n) is 8.40. The van der Waals surface area contributed by atoms with E-state index in [0.29, 0.717) is 17.9 Å². The van der Waals surface area contributed by atoms with E-state index < -0.39 is 0 Å². The van der Waals surface area contributed by atoms with Gasteiger partial charge >= 0.3 is 0 Å². The highest BCUT2D eigenvalue weighted by Gasteiger charge is 2.23. The lowest BCUT2D eigenvalue weighted by Gasteiger charge is -2.18. The van der Waals surface area contributed by atoms with Gasteiger partial charge in [-0.25, -0.2) is 9.97 Å². The van der Waals surface area contributed by atoms with Gasteiger partial charge in [-0.1, -0.05) is 6.92 Å². The number of nitrogens with one attached hydrogen (secondary N) is 1. The Kier molecular flexibility index (Phi) is 2.63. The molecule has 0 spiro atoms. The summed E-state index contributed by atoms with van der Waals surface area (Å²) < 4.78 is 0. The second-order valence-electron chi connectivity index (χ2n) is 3.83. The molecule has 1 aliphatic heterocycles. The van der Waals surface area contributed by atoms with Crippen LogP contribution in [0.5, 0.6) is 0 Å². The minimum Gasteiger partial charge on any atom is -0.368 e. The van der Waals surface area contributed by atoms with Crippen molar-refractivity contribution >= 4 is 5.95 Å². The van der Waals surface area contributed by atoms with Crippen LogP contribution in [0.4, 0.5) is 5.95 Å². The number of rotatable bonds is 2.